The molecule has 12 heavy (non-hydrogen) atoms. The first-order valence-electron chi connectivity index (χ1n) is 4.85. The molecule has 0 spiro atoms. The number of hydrogen-bond donors (Lipinski definition) is 2. The van der Waals surface area contributed by atoms with Crippen LogP contribution in [0.2, 0.25) is 0 Å². The van der Waals surface area contributed by atoms with Crippen molar-refractivity contribution in [1.82, 2.24) is 4.90 Å². The molecule has 1 saturated heterocycles. The molecule has 1 aliphatic heterocycles. The van der Waals surface area contributed by atoms with Crippen LogP contribution in [-0.2, 0) is 0 Å². The lowest BCUT2D eigenvalue weighted by Gasteiger charge is -2.19. The van der Waals surface area contributed by atoms with Crippen molar-refractivity contribution in [3.63, 3.8) is 0 Å². The molecule has 0 aromatic heterocycles. The van der Waals surface area contributed by atoms with Crippen LogP contribution in [0.25, 0.3) is 0 Å². The Bertz CT molecular complexity index is 126. The second kappa shape index (κ2) is 4.80. The normalized spacial score (nSPS) is 27.8. The Kier molecular flexibility index (Phi) is 3.98. The van der Waals surface area contributed by atoms with Crippen LogP contribution in [-0.4, -0.2) is 42.8 Å². The Labute approximate surface area is 74.5 Å². The molecule has 2 atom stereocenters. The average molecular weight is 172 g/mol. The Morgan fingerprint density at radius 2 is 2.42 bits per heavy atom. The maximum atomic E-state index is 9.05. The summed E-state index contributed by atoms with van der Waals surface area (Å²) in [7, 11) is 0. The van der Waals surface area contributed by atoms with Crippen molar-refractivity contribution in [3.05, 3.63) is 0 Å². The number of rotatable bonds is 4. The molecule has 0 saturated carbocycles. The minimum atomic E-state index is 0.249. The highest BCUT2D eigenvalue weighted by atomic mass is 16.3. The number of likely N-dealkylation sites (tertiary alicyclic amines) is 1. The predicted molar refractivity (Wildman–Crippen MR) is 49.9 cm³/mol. The highest BCUT2D eigenvalue weighted by molar-refractivity contribution is 4.80. The molecule has 3 heteroatoms. The fourth-order valence-electron chi connectivity index (χ4n) is 1.95. The molecule has 3 N–H and O–H groups in total. The third-order valence-corrected chi connectivity index (χ3v) is 2.96. The van der Waals surface area contributed by atoms with Crippen molar-refractivity contribution in [2.24, 2.45) is 17.6 Å². The van der Waals surface area contributed by atoms with Crippen LogP contribution in [0, 0.1) is 11.8 Å². The average Bonchev–Trinajstić information content (AvgIpc) is 2.55. The van der Waals surface area contributed by atoms with Crippen molar-refractivity contribution in [2.75, 3.05) is 32.8 Å². The zero-order valence-electron chi connectivity index (χ0n) is 7.87. The SMILES string of the molecule is CCN1CCC(C(CN)CO)C1. The molecule has 0 aromatic rings. The Hall–Kier alpha value is -0.120. The fraction of sp³-hybridized carbons (Fsp3) is 1.00. The van der Waals surface area contributed by atoms with Gasteiger partial charge in [0.1, 0.15) is 0 Å². The van der Waals surface area contributed by atoms with Crippen molar-refractivity contribution >= 4 is 0 Å². The summed E-state index contributed by atoms with van der Waals surface area (Å²) < 4.78 is 0. The standard InChI is InChI=1S/C9H20N2O/c1-2-11-4-3-8(6-11)9(5-10)7-12/h8-9,12H,2-7,10H2,1H3. The van der Waals surface area contributed by atoms with E-state index in [0.717, 1.165) is 13.1 Å². The van der Waals surface area contributed by atoms with Crippen LogP contribution in [0.3, 0.4) is 0 Å². The van der Waals surface area contributed by atoms with E-state index in [1.54, 1.807) is 0 Å². The van der Waals surface area contributed by atoms with Gasteiger partial charge in [-0.05, 0) is 37.9 Å². The van der Waals surface area contributed by atoms with E-state index < -0.39 is 0 Å². The van der Waals surface area contributed by atoms with Crippen LogP contribution in [0.4, 0.5) is 0 Å². The van der Waals surface area contributed by atoms with Gasteiger partial charge in [-0.25, -0.2) is 0 Å². The van der Waals surface area contributed by atoms with Crippen molar-refractivity contribution in [1.29, 1.82) is 0 Å². The summed E-state index contributed by atoms with van der Waals surface area (Å²) in [6, 6.07) is 0. The zero-order chi connectivity index (χ0) is 8.97. The Morgan fingerprint density at radius 3 is 2.83 bits per heavy atom. The van der Waals surface area contributed by atoms with Crippen LogP contribution in [0.1, 0.15) is 13.3 Å². The zero-order valence-corrected chi connectivity index (χ0v) is 7.87. The van der Waals surface area contributed by atoms with Gasteiger partial charge in [0.25, 0.3) is 0 Å². The van der Waals surface area contributed by atoms with Crippen molar-refractivity contribution in [2.45, 2.75) is 13.3 Å². The maximum Gasteiger partial charge on any atom is 0.0474 e. The van der Waals surface area contributed by atoms with Gasteiger partial charge >= 0.3 is 0 Å². The highest BCUT2D eigenvalue weighted by Gasteiger charge is 2.27. The molecule has 72 valence electrons. The van der Waals surface area contributed by atoms with E-state index >= 15 is 0 Å². The van der Waals surface area contributed by atoms with Crippen molar-refractivity contribution in [3.8, 4) is 0 Å². The summed E-state index contributed by atoms with van der Waals surface area (Å²) in [6.45, 7) is 6.48. The van der Waals surface area contributed by atoms with Gasteiger partial charge in [-0.2, -0.15) is 0 Å². The maximum absolute atomic E-state index is 9.05. The van der Waals surface area contributed by atoms with Crippen LogP contribution >= 0.6 is 0 Å². The molecule has 0 bridgehead atoms. The molecular formula is C9H20N2O. The first-order valence-corrected chi connectivity index (χ1v) is 4.85. The third kappa shape index (κ3) is 2.19. The molecule has 0 aromatic carbocycles. The van der Waals surface area contributed by atoms with Crippen LogP contribution in [0.5, 0.6) is 0 Å². The Balaban J connectivity index is 2.34. The Morgan fingerprint density at radius 1 is 1.67 bits per heavy atom. The number of nitrogens with zero attached hydrogens (tertiary/aromatic N) is 1. The van der Waals surface area contributed by atoms with E-state index in [1.165, 1.54) is 13.0 Å². The van der Waals surface area contributed by atoms with E-state index in [4.69, 9.17) is 10.8 Å². The topological polar surface area (TPSA) is 49.5 Å². The lowest BCUT2D eigenvalue weighted by atomic mass is 9.92. The van der Waals surface area contributed by atoms with E-state index in [9.17, 15) is 0 Å². The van der Waals surface area contributed by atoms with Gasteiger partial charge in [-0.3, -0.25) is 0 Å². The lowest BCUT2D eigenvalue weighted by Crippen LogP contribution is -2.29. The predicted octanol–water partition coefficient (Wildman–Crippen LogP) is -0.105. The molecule has 0 aliphatic carbocycles. The van der Waals surface area contributed by atoms with Crippen LogP contribution in [0.15, 0.2) is 0 Å². The summed E-state index contributed by atoms with van der Waals surface area (Å²) in [4.78, 5) is 2.42. The summed E-state index contributed by atoms with van der Waals surface area (Å²) in [5.74, 6) is 0.946. The molecule has 1 rings (SSSR count). The quantitative estimate of drug-likeness (QED) is 0.622. The second-order valence-corrected chi connectivity index (χ2v) is 3.62. The number of aliphatic hydroxyl groups is 1. The summed E-state index contributed by atoms with van der Waals surface area (Å²) >= 11 is 0. The molecule has 3 nitrogen and oxygen atoms in total. The highest BCUT2D eigenvalue weighted by Crippen LogP contribution is 2.22. The molecular weight excluding hydrogens is 152 g/mol. The van der Waals surface area contributed by atoms with Gasteiger partial charge in [0.15, 0.2) is 0 Å². The summed E-state index contributed by atoms with van der Waals surface area (Å²) in [5.41, 5.74) is 5.57. The molecule has 1 heterocycles. The van der Waals surface area contributed by atoms with E-state index in [0.29, 0.717) is 18.4 Å². The molecule has 1 fully saturated rings. The van der Waals surface area contributed by atoms with Crippen LogP contribution < -0.4 is 5.73 Å². The largest absolute Gasteiger partial charge is 0.396 e. The first kappa shape index (κ1) is 9.96. The second-order valence-electron chi connectivity index (χ2n) is 3.62. The smallest absolute Gasteiger partial charge is 0.0474 e. The van der Waals surface area contributed by atoms with Gasteiger partial charge in [0, 0.05) is 13.2 Å². The molecule has 1 aliphatic rings. The van der Waals surface area contributed by atoms with Gasteiger partial charge in [0.2, 0.25) is 0 Å². The summed E-state index contributed by atoms with van der Waals surface area (Å²) in [6.07, 6.45) is 1.20. The van der Waals surface area contributed by atoms with Gasteiger partial charge in [-0.15, -0.1) is 0 Å². The molecule has 0 amide bonds. The third-order valence-electron chi connectivity index (χ3n) is 2.96. The first-order chi connectivity index (χ1) is 5.81. The fourth-order valence-corrected chi connectivity index (χ4v) is 1.95. The minimum absolute atomic E-state index is 0.249. The number of nitrogens with two attached hydrogens (primary N) is 1. The lowest BCUT2D eigenvalue weighted by molar-refractivity contribution is 0.179. The van der Waals surface area contributed by atoms with Crippen molar-refractivity contribution < 1.29 is 5.11 Å². The van der Waals surface area contributed by atoms with E-state index in [2.05, 4.69) is 11.8 Å². The minimum Gasteiger partial charge on any atom is -0.396 e. The van der Waals surface area contributed by atoms with Gasteiger partial charge in [-0.1, -0.05) is 6.92 Å². The van der Waals surface area contributed by atoms with E-state index in [-0.39, 0.29) is 6.61 Å². The van der Waals surface area contributed by atoms with Gasteiger partial charge in [0.05, 0.1) is 0 Å². The summed E-state index contributed by atoms with van der Waals surface area (Å²) in [5, 5.41) is 9.05. The number of aliphatic hydroxyl groups excluding tert-OH is 1. The monoisotopic (exact) mass is 172 g/mol. The number of hydrogen-bond acceptors (Lipinski definition) is 3. The van der Waals surface area contributed by atoms with Gasteiger partial charge < -0.3 is 15.7 Å². The van der Waals surface area contributed by atoms with E-state index in [1.807, 2.05) is 0 Å². The molecule has 2 unspecified atom stereocenters. The molecule has 0 radical (unpaired) electrons.